The third kappa shape index (κ3) is 12.1. The van der Waals surface area contributed by atoms with Gasteiger partial charge in [-0.3, -0.25) is 0 Å². The summed E-state index contributed by atoms with van der Waals surface area (Å²) in [4.78, 5) is 35.6. The summed E-state index contributed by atoms with van der Waals surface area (Å²) in [7, 11) is 0. The fraction of sp³-hybridized carbons (Fsp3) is 0.690. The molecule has 0 bridgehead atoms. The largest absolute Gasteiger partial charge is 1.00 e. The SMILES string of the molecule is CCOC(=O)c1cn(C(=O)OC(C)(C)C)nc1OCCC1(C(F)(F)F)CC1.CCOC(=O)c1cn[nH]c1OCCC1(C(F)(F)F)CC1.[K+].[OH-]. The molecule has 2 aliphatic rings. The number of rotatable bonds is 12. The molecule has 4 rings (SSSR count). The first-order valence-corrected chi connectivity index (χ1v) is 14.9. The first kappa shape index (κ1) is 44.6. The van der Waals surface area contributed by atoms with Crippen LogP contribution >= 0.6 is 0 Å². The summed E-state index contributed by atoms with van der Waals surface area (Å²) in [6.07, 6.45) is -7.05. The van der Waals surface area contributed by atoms with Gasteiger partial charge in [-0.2, -0.15) is 36.1 Å². The van der Waals surface area contributed by atoms with Gasteiger partial charge in [0.25, 0.3) is 0 Å². The van der Waals surface area contributed by atoms with E-state index in [1.807, 2.05) is 0 Å². The van der Waals surface area contributed by atoms with Gasteiger partial charge in [-0.25, -0.2) is 19.5 Å². The number of esters is 2. The Morgan fingerprint density at radius 2 is 1.31 bits per heavy atom. The molecule has 0 amide bonds. The molecule has 2 N–H and O–H groups in total. The minimum absolute atomic E-state index is 0. The molecule has 0 spiro atoms. The Morgan fingerprint density at radius 1 is 0.837 bits per heavy atom. The van der Waals surface area contributed by atoms with Crippen LogP contribution in [0.5, 0.6) is 11.8 Å². The number of alkyl halides is 6. The van der Waals surface area contributed by atoms with Crippen LogP contribution in [0, 0.1) is 10.8 Å². The van der Waals surface area contributed by atoms with Crippen LogP contribution in [0.25, 0.3) is 0 Å². The molecule has 0 aromatic carbocycles. The number of nitrogens with zero attached hydrogens (tertiary/aromatic N) is 3. The van der Waals surface area contributed by atoms with Crippen molar-refractivity contribution in [3.05, 3.63) is 23.5 Å². The number of carbonyl (C=O) groups excluding carboxylic acids is 3. The first-order chi connectivity index (χ1) is 21.8. The molecule has 2 heterocycles. The molecule has 2 aromatic heterocycles. The van der Waals surface area contributed by atoms with Crippen LogP contribution in [0.2, 0.25) is 0 Å². The number of aromatic nitrogens is 4. The van der Waals surface area contributed by atoms with Gasteiger partial charge in [0.2, 0.25) is 11.8 Å². The second kappa shape index (κ2) is 17.7. The van der Waals surface area contributed by atoms with Gasteiger partial charge in [0.1, 0.15) is 16.7 Å². The molecule has 2 saturated carbocycles. The van der Waals surface area contributed by atoms with Crippen molar-refractivity contribution < 1.29 is 121 Å². The smallest absolute Gasteiger partial charge is 0.870 e. The van der Waals surface area contributed by atoms with Gasteiger partial charge in [-0.05, 0) is 73.1 Å². The van der Waals surface area contributed by atoms with Crippen LogP contribution in [0.15, 0.2) is 12.4 Å². The van der Waals surface area contributed by atoms with Gasteiger partial charge < -0.3 is 29.2 Å². The van der Waals surface area contributed by atoms with E-state index in [4.69, 9.17) is 23.7 Å². The van der Waals surface area contributed by atoms with Crippen molar-refractivity contribution in [2.45, 2.75) is 91.1 Å². The molecule has 20 heteroatoms. The van der Waals surface area contributed by atoms with Crippen LogP contribution in [0.3, 0.4) is 0 Å². The molecule has 0 aliphatic heterocycles. The second-order valence-electron chi connectivity index (χ2n) is 12.1. The predicted molar refractivity (Wildman–Crippen MR) is 152 cm³/mol. The van der Waals surface area contributed by atoms with Crippen molar-refractivity contribution in [3.8, 4) is 11.8 Å². The number of hydrogen-bond donors (Lipinski definition) is 1. The van der Waals surface area contributed by atoms with E-state index in [2.05, 4.69) is 15.3 Å². The second-order valence-corrected chi connectivity index (χ2v) is 12.1. The predicted octanol–water partition coefficient (Wildman–Crippen LogP) is 3.48. The van der Waals surface area contributed by atoms with Crippen LogP contribution in [0.1, 0.15) is 93.9 Å². The van der Waals surface area contributed by atoms with E-state index in [9.17, 15) is 40.7 Å². The number of hydrogen-bond acceptors (Lipinski definition) is 11. The maximum atomic E-state index is 13.0. The number of aromatic amines is 1. The maximum absolute atomic E-state index is 13.0. The van der Waals surface area contributed by atoms with Gasteiger partial charge >= 0.3 is 81.8 Å². The average molecular weight is 741 g/mol. The van der Waals surface area contributed by atoms with Gasteiger partial charge in [-0.15, -0.1) is 5.10 Å². The van der Waals surface area contributed by atoms with Gasteiger partial charge in [-0.1, -0.05) is 0 Å². The zero-order chi connectivity index (χ0) is 35.3. The average Bonchev–Trinajstić information content (AvgIpc) is 3.83. The number of H-pyrrole nitrogens is 1. The fourth-order valence-corrected chi connectivity index (χ4v) is 4.30. The Hall–Kier alpha value is -2.39. The Kier molecular flexibility index (Phi) is 16.1. The summed E-state index contributed by atoms with van der Waals surface area (Å²) >= 11 is 0. The summed E-state index contributed by atoms with van der Waals surface area (Å²) in [5.74, 6) is -1.63. The zero-order valence-electron chi connectivity index (χ0n) is 28.0. The number of ether oxygens (including phenoxy) is 5. The quantitative estimate of drug-likeness (QED) is 0.146. The van der Waals surface area contributed by atoms with E-state index < -0.39 is 46.8 Å². The van der Waals surface area contributed by atoms with E-state index in [-0.39, 0.29) is 145 Å². The van der Waals surface area contributed by atoms with E-state index in [1.165, 1.54) is 6.20 Å². The molecule has 49 heavy (non-hydrogen) atoms. The summed E-state index contributed by atoms with van der Waals surface area (Å²) in [6.45, 7) is 8.06. The Bertz CT molecular complexity index is 1400. The van der Waals surface area contributed by atoms with E-state index in [0.29, 0.717) is 0 Å². The molecule has 2 aromatic rings. The maximum Gasteiger partial charge on any atom is 1.00 e. The van der Waals surface area contributed by atoms with E-state index in [1.54, 1.807) is 34.6 Å². The van der Waals surface area contributed by atoms with Crippen LogP contribution in [0.4, 0.5) is 31.1 Å². The van der Waals surface area contributed by atoms with Crippen LogP contribution in [-0.2, 0) is 14.2 Å². The molecule has 0 atom stereocenters. The molecule has 2 aliphatic carbocycles. The number of nitrogens with one attached hydrogen (secondary N) is 1. The van der Waals surface area contributed by atoms with Crippen molar-refractivity contribution in [2.75, 3.05) is 26.4 Å². The van der Waals surface area contributed by atoms with Crippen molar-refractivity contribution in [1.29, 1.82) is 0 Å². The summed E-state index contributed by atoms with van der Waals surface area (Å²) in [5.41, 5.74) is -4.20. The van der Waals surface area contributed by atoms with Crippen molar-refractivity contribution in [1.82, 2.24) is 20.0 Å². The Balaban J connectivity index is 0.000000489. The molecule has 13 nitrogen and oxygen atoms in total. The third-order valence-corrected chi connectivity index (χ3v) is 7.41. The first-order valence-electron chi connectivity index (χ1n) is 14.9. The summed E-state index contributed by atoms with van der Waals surface area (Å²) < 4.78 is 103. The zero-order valence-corrected chi connectivity index (χ0v) is 31.2. The van der Waals surface area contributed by atoms with Gasteiger partial charge in [0, 0.05) is 0 Å². The third-order valence-electron chi connectivity index (χ3n) is 7.41. The minimum Gasteiger partial charge on any atom is -0.870 e. The molecule has 0 unspecified atom stereocenters. The Morgan fingerprint density at radius 3 is 1.73 bits per heavy atom. The minimum atomic E-state index is -4.30. The number of carbonyl (C=O) groups is 3. The summed E-state index contributed by atoms with van der Waals surface area (Å²) in [6, 6.07) is 0. The molecule has 0 saturated heterocycles. The topological polar surface area (TPSA) is 174 Å². The van der Waals surface area contributed by atoms with Crippen molar-refractivity contribution >= 4 is 18.0 Å². The molecule has 2 fully saturated rings. The fourth-order valence-electron chi connectivity index (χ4n) is 4.30. The van der Waals surface area contributed by atoms with E-state index >= 15 is 0 Å². The van der Waals surface area contributed by atoms with Gasteiger partial charge in [0.15, 0.2) is 0 Å². The van der Waals surface area contributed by atoms with E-state index in [0.717, 1.165) is 10.9 Å². The molecule has 272 valence electrons. The van der Waals surface area contributed by atoms with Gasteiger partial charge in [0.05, 0.1) is 49.7 Å². The standard InChI is InChI=1S/C17H23F3N2O5.C12H15F3N2O3.K.H2O/c1-5-25-13(23)11-10-22(14(24)27-15(2,3)4)21-12(11)26-9-8-16(6-7-16)17(18,19)20;1-2-19-10(18)8-7-16-17-9(8)20-6-5-11(3-4-11)12(13,14)15;;/h10H,5-9H2,1-4H3;7H,2-6H2,1H3,(H,16,17);;1H2/q;;+1;/p-1. The van der Waals surface area contributed by atoms with Crippen molar-refractivity contribution in [3.63, 3.8) is 0 Å². The normalized spacial score (nSPS) is 15.7. The van der Waals surface area contributed by atoms with Crippen LogP contribution in [-0.4, -0.2) is 87.9 Å². The number of halogens is 6. The van der Waals surface area contributed by atoms with Crippen LogP contribution < -0.4 is 60.9 Å². The van der Waals surface area contributed by atoms with Crippen molar-refractivity contribution in [2.24, 2.45) is 10.8 Å². The Labute approximate surface area is 320 Å². The summed E-state index contributed by atoms with van der Waals surface area (Å²) in [5, 5.41) is 9.91. The molecular formula is C29H39F6KN4O9. The molecular weight excluding hydrogens is 701 g/mol. The monoisotopic (exact) mass is 740 g/mol. The molecule has 0 radical (unpaired) electrons.